The molecule has 2 N–H and O–H groups in total. The standard InChI is InChI=1S/C22H31N3O2/c1-15-4-3-11-25(14-15)21(27)17-5-6-19(16(2)12-17)24-20(26)18-13-22(18)7-9-23-10-8-22/h5-6,12,15,18,23H,3-4,7-11,13-14H2,1-2H3,(H,24,26). The van der Waals surface area contributed by atoms with Crippen LogP contribution in [0.1, 0.15) is 54.9 Å². The fraction of sp³-hybridized carbons (Fsp3) is 0.636. The number of hydrogen-bond donors (Lipinski definition) is 2. The summed E-state index contributed by atoms with van der Waals surface area (Å²) in [7, 11) is 0. The van der Waals surface area contributed by atoms with E-state index in [1.165, 1.54) is 6.42 Å². The Morgan fingerprint density at radius 3 is 2.74 bits per heavy atom. The van der Waals surface area contributed by atoms with Crippen LogP contribution in [0, 0.1) is 24.2 Å². The van der Waals surface area contributed by atoms with Crippen molar-refractivity contribution in [2.24, 2.45) is 17.3 Å². The van der Waals surface area contributed by atoms with Crippen LogP contribution in [0.25, 0.3) is 0 Å². The first-order valence-corrected chi connectivity index (χ1v) is 10.4. The Morgan fingerprint density at radius 1 is 1.26 bits per heavy atom. The Kier molecular flexibility index (Phi) is 4.97. The van der Waals surface area contributed by atoms with Crippen molar-refractivity contribution >= 4 is 17.5 Å². The Labute approximate surface area is 161 Å². The van der Waals surface area contributed by atoms with Crippen LogP contribution >= 0.6 is 0 Å². The van der Waals surface area contributed by atoms with Gasteiger partial charge >= 0.3 is 0 Å². The van der Waals surface area contributed by atoms with Crippen molar-refractivity contribution in [2.75, 3.05) is 31.5 Å². The first-order chi connectivity index (χ1) is 13.0. The van der Waals surface area contributed by atoms with Gasteiger partial charge < -0.3 is 15.5 Å². The van der Waals surface area contributed by atoms with Crippen LogP contribution in [0.5, 0.6) is 0 Å². The molecule has 2 atom stereocenters. The predicted octanol–water partition coefficient (Wildman–Crippen LogP) is 3.20. The van der Waals surface area contributed by atoms with E-state index in [1.807, 2.05) is 30.0 Å². The van der Waals surface area contributed by atoms with Crippen molar-refractivity contribution in [3.63, 3.8) is 0 Å². The number of nitrogens with zero attached hydrogens (tertiary/aromatic N) is 1. The summed E-state index contributed by atoms with van der Waals surface area (Å²) in [6, 6.07) is 5.67. The summed E-state index contributed by atoms with van der Waals surface area (Å²) in [5, 5.41) is 6.49. The highest BCUT2D eigenvalue weighted by Gasteiger charge is 2.57. The highest BCUT2D eigenvalue weighted by Crippen LogP contribution is 2.58. The van der Waals surface area contributed by atoms with Crippen LogP contribution in [0.2, 0.25) is 0 Å². The molecule has 1 aromatic carbocycles. The Morgan fingerprint density at radius 2 is 2.04 bits per heavy atom. The van der Waals surface area contributed by atoms with Gasteiger partial charge in [0.1, 0.15) is 0 Å². The second-order valence-corrected chi connectivity index (χ2v) is 8.89. The van der Waals surface area contributed by atoms with E-state index in [9.17, 15) is 9.59 Å². The number of anilines is 1. The van der Waals surface area contributed by atoms with Crippen molar-refractivity contribution in [1.29, 1.82) is 0 Å². The molecule has 0 aromatic heterocycles. The average Bonchev–Trinajstić information content (AvgIpc) is 3.36. The minimum Gasteiger partial charge on any atom is -0.338 e. The molecule has 2 heterocycles. The Hall–Kier alpha value is -1.88. The van der Waals surface area contributed by atoms with E-state index in [-0.39, 0.29) is 23.1 Å². The van der Waals surface area contributed by atoms with Gasteiger partial charge in [-0.2, -0.15) is 0 Å². The number of amides is 2. The summed E-state index contributed by atoms with van der Waals surface area (Å²) in [6.07, 6.45) is 5.51. The third-order valence-corrected chi connectivity index (χ3v) is 6.78. The maximum atomic E-state index is 12.8. The predicted molar refractivity (Wildman–Crippen MR) is 107 cm³/mol. The topological polar surface area (TPSA) is 61.4 Å². The highest BCUT2D eigenvalue weighted by molar-refractivity contribution is 5.98. The minimum atomic E-state index is 0.110. The molecule has 2 saturated heterocycles. The van der Waals surface area contributed by atoms with E-state index in [4.69, 9.17) is 0 Å². The molecule has 27 heavy (non-hydrogen) atoms. The molecule has 1 saturated carbocycles. The zero-order valence-corrected chi connectivity index (χ0v) is 16.5. The quantitative estimate of drug-likeness (QED) is 0.860. The summed E-state index contributed by atoms with van der Waals surface area (Å²) in [6.45, 7) is 7.91. The Balaban J connectivity index is 1.40. The number of likely N-dealkylation sites (tertiary alicyclic amines) is 1. The molecular formula is C22H31N3O2. The molecule has 4 rings (SSSR count). The Bertz CT molecular complexity index is 739. The van der Waals surface area contributed by atoms with E-state index in [0.29, 0.717) is 5.92 Å². The SMILES string of the molecule is Cc1cc(C(=O)N2CCCC(C)C2)ccc1NC(=O)C1CC12CCNCC2. The average molecular weight is 370 g/mol. The van der Waals surface area contributed by atoms with Gasteiger partial charge in [-0.3, -0.25) is 9.59 Å². The van der Waals surface area contributed by atoms with E-state index in [2.05, 4.69) is 17.6 Å². The molecule has 0 bridgehead atoms. The lowest BCUT2D eigenvalue weighted by Gasteiger charge is -2.31. The molecule has 1 aromatic rings. The fourth-order valence-electron chi connectivity index (χ4n) is 4.91. The number of piperidine rings is 2. The number of aryl methyl sites for hydroxylation is 1. The fourth-order valence-corrected chi connectivity index (χ4v) is 4.91. The lowest BCUT2D eigenvalue weighted by molar-refractivity contribution is -0.118. The summed E-state index contributed by atoms with van der Waals surface area (Å²) in [5.74, 6) is 0.973. The minimum absolute atomic E-state index is 0.110. The lowest BCUT2D eigenvalue weighted by Crippen LogP contribution is -2.39. The molecule has 1 spiro atoms. The molecule has 146 valence electrons. The van der Waals surface area contributed by atoms with Crippen LogP contribution in [-0.2, 0) is 4.79 Å². The number of nitrogens with one attached hydrogen (secondary N) is 2. The van der Waals surface area contributed by atoms with Crippen molar-refractivity contribution in [1.82, 2.24) is 10.2 Å². The number of rotatable bonds is 3. The molecule has 5 heteroatoms. The lowest BCUT2D eigenvalue weighted by atomic mass is 9.91. The summed E-state index contributed by atoms with van der Waals surface area (Å²) in [5.41, 5.74) is 2.75. The van der Waals surface area contributed by atoms with E-state index < -0.39 is 0 Å². The van der Waals surface area contributed by atoms with Gasteiger partial charge in [0.15, 0.2) is 0 Å². The van der Waals surface area contributed by atoms with Crippen LogP contribution < -0.4 is 10.6 Å². The third kappa shape index (κ3) is 3.75. The monoisotopic (exact) mass is 369 g/mol. The van der Waals surface area contributed by atoms with E-state index in [0.717, 1.165) is 68.7 Å². The summed E-state index contributed by atoms with van der Waals surface area (Å²) >= 11 is 0. The van der Waals surface area contributed by atoms with Gasteiger partial charge in [-0.25, -0.2) is 0 Å². The molecule has 0 radical (unpaired) electrons. The van der Waals surface area contributed by atoms with Crippen molar-refractivity contribution in [3.05, 3.63) is 29.3 Å². The first kappa shape index (κ1) is 18.5. The molecule has 1 aliphatic carbocycles. The van der Waals surface area contributed by atoms with Gasteiger partial charge in [0.25, 0.3) is 5.91 Å². The molecule has 3 aliphatic rings. The highest BCUT2D eigenvalue weighted by atomic mass is 16.2. The van der Waals surface area contributed by atoms with Gasteiger partial charge in [0.05, 0.1) is 0 Å². The smallest absolute Gasteiger partial charge is 0.253 e. The second kappa shape index (κ2) is 7.27. The van der Waals surface area contributed by atoms with Crippen LogP contribution in [0.3, 0.4) is 0 Å². The number of carbonyl (C=O) groups excluding carboxylic acids is 2. The van der Waals surface area contributed by atoms with Gasteiger partial charge in [0.2, 0.25) is 5.91 Å². The van der Waals surface area contributed by atoms with Gasteiger partial charge in [-0.1, -0.05) is 6.92 Å². The normalized spacial score (nSPS) is 26.7. The van der Waals surface area contributed by atoms with Crippen molar-refractivity contribution < 1.29 is 9.59 Å². The maximum absolute atomic E-state index is 12.8. The number of benzene rings is 1. The number of carbonyl (C=O) groups is 2. The second-order valence-electron chi connectivity index (χ2n) is 8.89. The molecular weight excluding hydrogens is 338 g/mol. The molecule has 5 nitrogen and oxygen atoms in total. The zero-order chi connectivity index (χ0) is 19.0. The molecule has 2 aliphatic heterocycles. The van der Waals surface area contributed by atoms with Gasteiger partial charge in [0, 0.05) is 30.3 Å². The number of hydrogen-bond acceptors (Lipinski definition) is 3. The molecule has 2 amide bonds. The third-order valence-electron chi connectivity index (χ3n) is 6.78. The summed E-state index contributed by atoms with van der Waals surface area (Å²) < 4.78 is 0. The van der Waals surface area contributed by atoms with E-state index in [1.54, 1.807) is 0 Å². The van der Waals surface area contributed by atoms with Crippen LogP contribution in [0.15, 0.2) is 18.2 Å². The van der Waals surface area contributed by atoms with E-state index >= 15 is 0 Å². The van der Waals surface area contributed by atoms with Crippen LogP contribution in [0.4, 0.5) is 5.69 Å². The van der Waals surface area contributed by atoms with Crippen LogP contribution in [-0.4, -0.2) is 42.9 Å². The molecule has 2 unspecified atom stereocenters. The van der Waals surface area contributed by atoms with Crippen molar-refractivity contribution in [3.8, 4) is 0 Å². The van der Waals surface area contributed by atoms with Crippen molar-refractivity contribution in [2.45, 2.75) is 46.0 Å². The molecule has 3 fully saturated rings. The maximum Gasteiger partial charge on any atom is 0.253 e. The first-order valence-electron chi connectivity index (χ1n) is 10.4. The van der Waals surface area contributed by atoms with Gasteiger partial charge in [-0.05, 0) is 87.2 Å². The largest absolute Gasteiger partial charge is 0.338 e. The summed E-state index contributed by atoms with van der Waals surface area (Å²) in [4.78, 5) is 27.4. The zero-order valence-electron chi connectivity index (χ0n) is 16.5. The van der Waals surface area contributed by atoms with Gasteiger partial charge in [-0.15, -0.1) is 0 Å².